The summed E-state index contributed by atoms with van der Waals surface area (Å²) in [7, 11) is 0. The summed E-state index contributed by atoms with van der Waals surface area (Å²) in [5.74, 6) is -0.125. The highest BCUT2D eigenvalue weighted by atomic mass is 16.1. The lowest BCUT2D eigenvalue weighted by Gasteiger charge is -2.08. The maximum atomic E-state index is 12.7. The maximum absolute atomic E-state index is 12.7. The number of aromatic nitrogens is 4. The topological polar surface area (TPSA) is 83.6 Å². The summed E-state index contributed by atoms with van der Waals surface area (Å²) in [5.41, 5.74) is 4.92. The van der Waals surface area contributed by atoms with E-state index in [1.54, 1.807) is 18.6 Å². The van der Waals surface area contributed by atoms with E-state index in [1.807, 2.05) is 60.7 Å². The average Bonchev–Trinajstić information content (AvgIpc) is 3.25. The second-order valence-electron chi connectivity index (χ2n) is 6.28. The molecule has 3 heterocycles. The Morgan fingerprint density at radius 2 is 1.79 bits per heavy atom. The molecule has 0 aliphatic rings. The molecule has 0 aliphatic heterocycles. The number of carbonyl (C=O) groups is 1. The highest BCUT2D eigenvalue weighted by molar-refractivity contribution is 6.00. The van der Waals surface area contributed by atoms with Crippen LogP contribution < -0.4 is 5.32 Å². The molecule has 4 aromatic rings. The van der Waals surface area contributed by atoms with Crippen molar-refractivity contribution in [2.24, 2.45) is 0 Å². The highest BCUT2D eigenvalue weighted by Gasteiger charge is 2.15. The fraction of sp³-hybridized carbons (Fsp3) is 0.0909. The first-order valence-electron chi connectivity index (χ1n) is 9.04. The lowest BCUT2D eigenvalue weighted by molar-refractivity contribution is 0.0954. The molecule has 0 aliphatic carbocycles. The summed E-state index contributed by atoms with van der Waals surface area (Å²) in [4.78, 5) is 21.0. The van der Waals surface area contributed by atoms with Crippen molar-refractivity contribution in [3.8, 4) is 22.5 Å². The summed E-state index contributed by atoms with van der Waals surface area (Å²) in [6.45, 7) is 0.521. The minimum Gasteiger partial charge on any atom is -0.352 e. The molecule has 0 unspecified atom stereocenters. The molecule has 3 aromatic heterocycles. The Morgan fingerprint density at radius 1 is 0.964 bits per heavy atom. The van der Waals surface area contributed by atoms with Gasteiger partial charge in [-0.2, -0.15) is 5.10 Å². The van der Waals surface area contributed by atoms with Gasteiger partial charge in [0.15, 0.2) is 0 Å². The molecule has 6 nitrogen and oxygen atoms in total. The lowest BCUT2D eigenvalue weighted by atomic mass is 10.0. The smallest absolute Gasteiger partial charge is 0.251 e. The van der Waals surface area contributed by atoms with Crippen LogP contribution in [0.15, 0.2) is 79.3 Å². The highest BCUT2D eigenvalue weighted by Crippen LogP contribution is 2.26. The van der Waals surface area contributed by atoms with Crippen molar-refractivity contribution in [3.05, 3.63) is 90.5 Å². The Bertz CT molecular complexity index is 1060. The number of rotatable bonds is 6. The molecular formula is C22H19N5O. The van der Waals surface area contributed by atoms with Gasteiger partial charge in [-0.3, -0.25) is 19.9 Å². The van der Waals surface area contributed by atoms with E-state index in [0.717, 1.165) is 28.2 Å². The quantitative estimate of drug-likeness (QED) is 0.545. The average molecular weight is 369 g/mol. The van der Waals surface area contributed by atoms with Crippen LogP contribution in [-0.4, -0.2) is 32.6 Å². The van der Waals surface area contributed by atoms with Crippen molar-refractivity contribution in [1.29, 1.82) is 0 Å². The van der Waals surface area contributed by atoms with Gasteiger partial charge in [0.1, 0.15) is 0 Å². The summed E-state index contributed by atoms with van der Waals surface area (Å²) < 4.78 is 0. The van der Waals surface area contributed by atoms with Crippen molar-refractivity contribution in [2.75, 3.05) is 6.54 Å². The number of benzene rings is 1. The minimum absolute atomic E-state index is 0.125. The van der Waals surface area contributed by atoms with Crippen LogP contribution in [0.25, 0.3) is 22.5 Å². The molecule has 1 aromatic carbocycles. The van der Waals surface area contributed by atoms with Crippen molar-refractivity contribution in [1.82, 2.24) is 25.5 Å². The molecule has 2 N–H and O–H groups in total. The molecule has 4 rings (SSSR count). The van der Waals surface area contributed by atoms with Crippen LogP contribution in [0.3, 0.4) is 0 Å². The van der Waals surface area contributed by atoms with Gasteiger partial charge in [-0.05, 0) is 36.4 Å². The minimum atomic E-state index is -0.125. The van der Waals surface area contributed by atoms with Crippen LogP contribution in [-0.2, 0) is 6.42 Å². The van der Waals surface area contributed by atoms with E-state index in [1.165, 1.54) is 0 Å². The molecule has 1 amide bonds. The SMILES string of the molecule is O=C(NCCc1ccccn1)c1ccccc1-c1cc(-c2ccncc2)[nH]n1. The van der Waals surface area contributed by atoms with Crippen LogP contribution in [0.5, 0.6) is 0 Å². The molecule has 0 saturated heterocycles. The Morgan fingerprint density at radius 3 is 2.61 bits per heavy atom. The third kappa shape index (κ3) is 3.96. The summed E-state index contributed by atoms with van der Waals surface area (Å²) in [5, 5.41) is 10.4. The molecule has 0 spiro atoms. The summed E-state index contributed by atoms with van der Waals surface area (Å²) in [6.07, 6.45) is 5.91. The van der Waals surface area contributed by atoms with E-state index >= 15 is 0 Å². The molecule has 6 heteroatoms. The van der Waals surface area contributed by atoms with E-state index < -0.39 is 0 Å². The van der Waals surface area contributed by atoms with Crippen molar-refractivity contribution >= 4 is 5.91 Å². The number of pyridine rings is 2. The molecular weight excluding hydrogens is 350 g/mol. The van der Waals surface area contributed by atoms with Gasteiger partial charge in [0.2, 0.25) is 0 Å². The number of H-pyrrole nitrogens is 1. The van der Waals surface area contributed by atoms with Crippen molar-refractivity contribution in [2.45, 2.75) is 6.42 Å². The Kier molecular flexibility index (Phi) is 5.20. The van der Waals surface area contributed by atoms with Crippen LogP contribution in [0.1, 0.15) is 16.1 Å². The molecule has 0 saturated carbocycles. The van der Waals surface area contributed by atoms with E-state index in [2.05, 4.69) is 25.5 Å². The molecule has 138 valence electrons. The van der Waals surface area contributed by atoms with Gasteiger partial charge in [0.05, 0.1) is 11.4 Å². The number of aromatic amines is 1. The zero-order chi connectivity index (χ0) is 19.2. The first kappa shape index (κ1) is 17.6. The summed E-state index contributed by atoms with van der Waals surface area (Å²) >= 11 is 0. The van der Waals surface area contributed by atoms with Crippen LogP contribution in [0, 0.1) is 0 Å². The molecule has 0 fully saturated rings. The maximum Gasteiger partial charge on any atom is 0.251 e. The van der Waals surface area contributed by atoms with Crippen LogP contribution >= 0.6 is 0 Å². The van der Waals surface area contributed by atoms with Gasteiger partial charge in [0.25, 0.3) is 5.91 Å². The van der Waals surface area contributed by atoms with E-state index in [-0.39, 0.29) is 5.91 Å². The largest absolute Gasteiger partial charge is 0.352 e. The fourth-order valence-corrected chi connectivity index (χ4v) is 2.99. The monoisotopic (exact) mass is 369 g/mol. The molecule has 0 atom stereocenters. The Labute approximate surface area is 162 Å². The normalized spacial score (nSPS) is 10.6. The predicted molar refractivity (Wildman–Crippen MR) is 108 cm³/mol. The molecule has 0 radical (unpaired) electrons. The third-order valence-corrected chi connectivity index (χ3v) is 4.41. The van der Waals surface area contributed by atoms with Crippen molar-refractivity contribution in [3.63, 3.8) is 0 Å². The Hall–Kier alpha value is -3.80. The fourth-order valence-electron chi connectivity index (χ4n) is 2.99. The first-order chi connectivity index (χ1) is 13.8. The number of nitrogens with zero attached hydrogens (tertiary/aromatic N) is 3. The van der Waals surface area contributed by atoms with Gasteiger partial charge >= 0.3 is 0 Å². The zero-order valence-electron chi connectivity index (χ0n) is 15.2. The van der Waals surface area contributed by atoms with Gasteiger partial charge < -0.3 is 5.32 Å². The van der Waals surface area contributed by atoms with E-state index in [4.69, 9.17) is 0 Å². The third-order valence-electron chi connectivity index (χ3n) is 4.41. The van der Waals surface area contributed by atoms with E-state index in [9.17, 15) is 4.79 Å². The number of carbonyl (C=O) groups excluding carboxylic acids is 1. The van der Waals surface area contributed by atoms with Gasteiger partial charge in [-0.1, -0.05) is 24.3 Å². The number of hydrogen-bond acceptors (Lipinski definition) is 4. The van der Waals surface area contributed by atoms with Crippen LogP contribution in [0.2, 0.25) is 0 Å². The zero-order valence-corrected chi connectivity index (χ0v) is 15.2. The summed E-state index contributed by atoms with van der Waals surface area (Å²) in [6, 6.07) is 19.0. The first-order valence-corrected chi connectivity index (χ1v) is 9.04. The number of amides is 1. The van der Waals surface area contributed by atoms with Gasteiger partial charge in [-0.25, -0.2) is 0 Å². The number of hydrogen-bond donors (Lipinski definition) is 2. The predicted octanol–water partition coefficient (Wildman–Crippen LogP) is 3.51. The molecule has 28 heavy (non-hydrogen) atoms. The second-order valence-corrected chi connectivity index (χ2v) is 6.28. The van der Waals surface area contributed by atoms with E-state index in [0.29, 0.717) is 18.5 Å². The Balaban J connectivity index is 1.51. The van der Waals surface area contributed by atoms with Gasteiger partial charge in [-0.15, -0.1) is 0 Å². The number of nitrogens with one attached hydrogen (secondary N) is 2. The lowest BCUT2D eigenvalue weighted by Crippen LogP contribution is -2.26. The second kappa shape index (κ2) is 8.26. The van der Waals surface area contributed by atoms with Crippen LogP contribution in [0.4, 0.5) is 0 Å². The molecule has 0 bridgehead atoms. The van der Waals surface area contributed by atoms with Gasteiger partial charge in [0, 0.05) is 53.9 Å². The standard InChI is InChI=1S/C22H19N5O/c28-22(25-14-10-17-5-3-4-11-24-17)19-7-2-1-6-18(19)21-15-20(26-27-21)16-8-12-23-13-9-16/h1-9,11-13,15H,10,14H2,(H,25,28)(H,26,27). The van der Waals surface area contributed by atoms with Crippen molar-refractivity contribution < 1.29 is 4.79 Å².